The predicted molar refractivity (Wildman–Crippen MR) is 112 cm³/mol. The maximum atomic E-state index is 12.1. The number of imidazole rings is 1. The molecule has 0 atom stereocenters. The Kier molecular flexibility index (Phi) is 4.06. The largest absolute Gasteiger partial charge is 0.373 e. The topological polar surface area (TPSA) is 38.0 Å². The maximum Gasteiger partial charge on any atom is 0.173 e. The van der Waals surface area contributed by atoms with E-state index in [4.69, 9.17) is 4.98 Å². The summed E-state index contributed by atoms with van der Waals surface area (Å²) >= 11 is 0. The van der Waals surface area contributed by atoms with Crippen molar-refractivity contribution in [2.75, 3.05) is 0 Å². The molecule has 1 heterocycles. The average Bonchev–Trinajstić information content (AvgIpc) is 3.54. The van der Waals surface area contributed by atoms with E-state index in [1.54, 1.807) is 0 Å². The van der Waals surface area contributed by atoms with Crippen LogP contribution in [-0.4, -0.2) is 14.7 Å². The number of aliphatic hydroxyl groups is 1. The number of aromatic nitrogens is 2. The van der Waals surface area contributed by atoms with E-state index in [1.165, 1.54) is 18.4 Å². The lowest BCUT2D eigenvalue weighted by Gasteiger charge is -2.29. The van der Waals surface area contributed by atoms with Crippen molar-refractivity contribution in [3.05, 3.63) is 101 Å². The molecule has 3 aromatic carbocycles. The van der Waals surface area contributed by atoms with E-state index in [-0.39, 0.29) is 0 Å². The van der Waals surface area contributed by atoms with Gasteiger partial charge in [-0.3, -0.25) is 0 Å². The Bertz CT molecular complexity index is 1070. The molecule has 0 bridgehead atoms. The maximum absolute atomic E-state index is 12.1. The fourth-order valence-corrected chi connectivity index (χ4v) is 4.19. The van der Waals surface area contributed by atoms with Crippen LogP contribution >= 0.6 is 0 Å². The summed E-state index contributed by atoms with van der Waals surface area (Å²) in [5, 5.41) is 12.1. The number of benzene rings is 3. The van der Waals surface area contributed by atoms with Crippen molar-refractivity contribution >= 4 is 11.0 Å². The van der Waals surface area contributed by atoms with E-state index in [1.807, 2.05) is 60.7 Å². The van der Waals surface area contributed by atoms with Crippen LogP contribution in [0.4, 0.5) is 0 Å². The number of aryl methyl sites for hydroxylation is 1. The summed E-state index contributed by atoms with van der Waals surface area (Å²) in [4.78, 5) is 4.94. The quantitative estimate of drug-likeness (QED) is 0.525. The Morgan fingerprint density at radius 3 is 2.07 bits per heavy atom. The van der Waals surface area contributed by atoms with Gasteiger partial charge in [0.2, 0.25) is 0 Å². The number of fused-ring (bicyclic) bond motifs is 1. The number of hydrogen-bond donors (Lipinski definition) is 1. The van der Waals surface area contributed by atoms with Gasteiger partial charge < -0.3 is 9.67 Å². The molecule has 5 rings (SSSR count). The lowest BCUT2D eigenvalue weighted by Crippen LogP contribution is -2.32. The molecule has 0 saturated heterocycles. The van der Waals surface area contributed by atoms with Gasteiger partial charge in [-0.25, -0.2) is 4.98 Å². The van der Waals surface area contributed by atoms with Gasteiger partial charge in [0, 0.05) is 6.54 Å². The van der Waals surface area contributed by atoms with E-state index in [9.17, 15) is 5.11 Å². The third kappa shape index (κ3) is 2.66. The third-order valence-electron chi connectivity index (χ3n) is 5.84. The second kappa shape index (κ2) is 6.61. The fourth-order valence-electron chi connectivity index (χ4n) is 4.19. The second-order valence-electron chi connectivity index (χ2n) is 7.64. The summed E-state index contributed by atoms with van der Waals surface area (Å²) < 4.78 is 2.17. The van der Waals surface area contributed by atoms with Crippen LogP contribution in [-0.2, 0) is 12.1 Å². The molecule has 1 aliphatic rings. The van der Waals surface area contributed by atoms with Crippen LogP contribution in [0.2, 0.25) is 0 Å². The van der Waals surface area contributed by atoms with Gasteiger partial charge in [0.1, 0.15) is 0 Å². The number of rotatable bonds is 5. The molecular weight excluding hydrogens is 344 g/mol. The van der Waals surface area contributed by atoms with E-state index >= 15 is 0 Å². The van der Waals surface area contributed by atoms with Crippen LogP contribution < -0.4 is 0 Å². The first-order valence-electron chi connectivity index (χ1n) is 10.1. The SMILES string of the molecule is CCn1c(C(O)(c2ccccc2)c2ccccc2)nc2ccc(C3CC3)cc21. The average molecular weight is 368 g/mol. The molecule has 3 heteroatoms. The predicted octanol–water partition coefficient (Wildman–Crippen LogP) is 5.22. The highest BCUT2D eigenvalue weighted by Crippen LogP contribution is 2.42. The summed E-state index contributed by atoms with van der Waals surface area (Å²) in [6.07, 6.45) is 2.55. The van der Waals surface area contributed by atoms with Gasteiger partial charge in [-0.05, 0) is 54.5 Å². The molecule has 0 radical (unpaired) electrons. The summed E-state index contributed by atoms with van der Waals surface area (Å²) in [5.41, 5.74) is 3.77. The van der Waals surface area contributed by atoms with E-state index in [2.05, 4.69) is 29.7 Å². The van der Waals surface area contributed by atoms with Crippen molar-refractivity contribution in [2.24, 2.45) is 0 Å². The van der Waals surface area contributed by atoms with Crippen molar-refractivity contribution in [3.8, 4) is 0 Å². The van der Waals surface area contributed by atoms with Crippen LogP contribution in [0.15, 0.2) is 78.9 Å². The van der Waals surface area contributed by atoms with Gasteiger partial charge in [0.25, 0.3) is 0 Å². The summed E-state index contributed by atoms with van der Waals surface area (Å²) in [5.74, 6) is 1.37. The Morgan fingerprint density at radius 2 is 1.54 bits per heavy atom. The Balaban J connectivity index is 1.78. The molecule has 0 unspecified atom stereocenters. The Morgan fingerprint density at radius 1 is 0.929 bits per heavy atom. The van der Waals surface area contributed by atoms with Gasteiger partial charge in [-0.15, -0.1) is 0 Å². The lowest BCUT2D eigenvalue weighted by atomic mass is 9.85. The molecule has 4 aromatic rings. The third-order valence-corrected chi connectivity index (χ3v) is 5.84. The second-order valence-corrected chi connectivity index (χ2v) is 7.64. The monoisotopic (exact) mass is 368 g/mol. The first-order valence-corrected chi connectivity index (χ1v) is 10.1. The van der Waals surface area contributed by atoms with Gasteiger partial charge >= 0.3 is 0 Å². The standard InChI is InChI=1S/C25H24N2O/c1-2-27-23-17-19(18-13-14-18)15-16-22(23)26-24(27)25(28,20-9-5-3-6-10-20)21-11-7-4-8-12-21/h3-12,15-18,28H,2,13-14H2,1H3. The van der Waals surface area contributed by atoms with Gasteiger partial charge in [-0.1, -0.05) is 66.7 Å². The highest BCUT2D eigenvalue weighted by atomic mass is 16.3. The van der Waals surface area contributed by atoms with Gasteiger partial charge in [0.05, 0.1) is 11.0 Å². The summed E-state index contributed by atoms with van der Waals surface area (Å²) in [6.45, 7) is 2.87. The van der Waals surface area contributed by atoms with Crippen LogP contribution in [0.1, 0.15) is 48.2 Å². The van der Waals surface area contributed by atoms with E-state index in [0.717, 1.165) is 28.7 Å². The van der Waals surface area contributed by atoms with Crippen molar-refractivity contribution in [1.82, 2.24) is 9.55 Å². The zero-order valence-electron chi connectivity index (χ0n) is 16.0. The van der Waals surface area contributed by atoms with Crippen LogP contribution in [0.25, 0.3) is 11.0 Å². The summed E-state index contributed by atoms with van der Waals surface area (Å²) in [6, 6.07) is 26.3. The highest BCUT2D eigenvalue weighted by molar-refractivity contribution is 5.78. The normalized spacial score (nSPS) is 14.5. The first kappa shape index (κ1) is 17.2. The molecule has 140 valence electrons. The molecule has 0 spiro atoms. The molecule has 1 N–H and O–H groups in total. The van der Waals surface area contributed by atoms with E-state index < -0.39 is 5.60 Å². The van der Waals surface area contributed by atoms with Crippen molar-refractivity contribution in [3.63, 3.8) is 0 Å². The molecule has 3 nitrogen and oxygen atoms in total. The molecule has 1 aliphatic carbocycles. The minimum atomic E-state index is -1.31. The Hall–Kier alpha value is -2.91. The highest BCUT2D eigenvalue weighted by Gasteiger charge is 2.38. The minimum absolute atomic E-state index is 0.676. The molecule has 1 saturated carbocycles. The van der Waals surface area contributed by atoms with Crippen LogP contribution in [0.5, 0.6) is 0 Å². The van der Waals surface area contributed by atoms with Crippen LogP contribution in [0.3, 0.4) is 0 Å². The molecule has 1 fully saturated rings. The number of nitrogens with zero attached hydrogens (tertiary/aromatic N) is 2. The van der Waals surface area contributed by atoms with E-state index in [0.29, 0.717) is 11.7 Å². The smallest absolute Gasteiger partial charge is 0.173 e. The zero-order valence-corrected chi connectivity index (χ0v) is 16.0. The summed E-state index contributed by atoms with van der Waals surface area (Å²) in [7, 11) is 0. The van der Waals surface area contributed by atoms with Crippen LogP contribution in [0, 0.1) is 0 Å². The van der Waals surface area contributed by atoms with Crippen molar-refractivity contribution < 1.29 is 5.11 Å². The van der Waals surface area contributed by atoms with Gasteiger partial charge in [0.15, 0.2) is 11.4 Å². The van der Waals surface area contributed by atoms with Gasteiger partial charge in [-0.2, -0.15) is 0 Å². The molecule has 28 heavy (non-hydrogen) atoms. The molecule has 0 amide bonds. The molecule has 1 aromatic heterocycles. The zero-order chi connectivity index (χ0) is 19.1. The first-order chi connectivity index (χ1) is 13.7. The van der Waals surface area contributed by atoms with Crippen molar-refractivity contribution in [1.29, 1.82) is 0 Å². The Labute approximate surface area is 165 Å². The molecular formula is C25H24N2O. The number of hydrogen-bond acceptors (Lipinski definition) is 2. The molecule has 0 aliphatic heterocycles. The van der Waals surface area contributed by atoms with Crippen molar-refractivity contribution in [2.45, 2.75) is 37.8 Å². The minimum Gasteiger partial charge on any atom is -0.373 e. The lowest BCUT2D eigenvalue weighted by molar-refractivity contribution is 0.112. The fraction of sp³-hybridized carbons (Fsp3) is 0.240.